The normalized spacial score (nSPS) is 23.3. The summed E-state index contributed by atoms with van der Waals surface area (Å²) in [5.41, 5.74) is -5.74. The molecule has 1 aliphatic rings. The fourth-order valence-electron chi connectivity index (χ4n) is 2.51. The van der Waals surface area contributed by atoms with E-state index in [0.29, 0.717) is 0 Å². The minimum atomic E-state index is -3.05. The number of hydrogen-bond donors (Lipinski definition) is 0. The molecule has 0 aromatic heterocycles. The van der Waals surface area contributed by atoms with Gasteiger partial charge < -0.3 is 0 Å². The topological polar surface area (TPSA) is 99.2 Å². The summed E-state index contributed by atoms with van der Waals surface area (Å²) in [5.74, 6) is 0. The zero-order valence-corrected chi connectivity index (χ0v) is 11.7. The van der Waals surface area contributed by atoms with E-state index < -0.39 is 58.0 Å². The van der Waals surface area contributed by atoms with Crippen molar-refractivity contribution in [2.45, 2.75) is 11.3 Å². The SMILES string of the molecule is CN1CC(N(F)F)(N(F)F)CN(C)CC([N+](=O)[O-])([N+](=O)[O-])C1. The lowest BCUT2D eigenvalue weighted by molar-refractivity contribution is -0.795. The van der Waals surface area contributed by atoms with Gasteiger partial charge in [0.15, 0.2) is 0 Å². The maximum absolute atomic E-state index is 13.0. The number of hydrogen-bond acceptors (Lipinski definition) is 8. The number of halogens is 4. The number of nitro groups is 2. The van der Waals surface area contributed by atoms with Crippen molar-refractivity contribution in [2.24, 2.45) is 0 Å². The molecular formula is C8H14F4N6O4. The van der Waals surface area contributed by atoms with Crippen molar-refractivity contribution in [1.82, 2.24) is 20.5 Å². The van der Waals surface area contributed by atoms with Crippen molar-refractivity contribution in [3.8, 4) is 0 Å². The molecule has 1 rings (SSSR count). The lowest BCUT2D eigenvalue weighted by Crippen LogP contribution is -2.69. The van der Waals surface area contributed by atoms with Crippen LogP contribution in [0.5, 0.6) is 0 Å². The van der Waals surface area contributed by atoms with E-state index in [-0.39, 0.29) is 0 Å². The molecule has 0 aliphatic carbocycles. The highest BCUT2D eigenvalue weighted by molar-refractivity contribution is 4.90. The van der Waals surface area contributed by atoms with Crippen LogP contribution in [-0.2, 0) is 0 Å². The second kappa shape index (κ2) is 6.23. The van der Waals surface area contributed by atoms with Crippen LogP contribution in [0.4, 0.5) is 17.9 Å². The lowest BCUT2D eigenvalue weighted by atomic mass is 10.0. The first-order valence-corrected chi connectivity index (χ1v) is 5.87. The highest BCUT2D eigenvalue weighted by Gasteiger charge is 2.62. The van der Waals surface area contributed by atoms with Gasteiger partial charge in [-0.15, -0.1) is 0 Å². The molecule has 14 heteroatoms. The van der Waals surface area contributed by atoms with Gasteiger partial charge in [-0.25, -0.2) is 0 Å². The van der Waals surface area contributed by atoms with E-state index in [9.17, 15) is 38.2 Å². The third kappa shape index (κ3) is 3.08. The van der Waals surface area contributed by atoms with Gasteiger partial charge in [0.05, 0.1) is 0 Å². The van der Waals surface area contributed by atoms with Gasteiger partial charge in [0.2, 0.25) is 5.66 Å². The van der Waals surface area contributed by atoms with Crippen molar-refractivity contribution in [3.05, 3.63) is 20.2 Å². The van der Waals surface area contributed by atoms with Crippen LogP contribution < -0.4 is 0 Å². The van der Waals surface area contributed by atoms with Gasteiger partial charge in [0, 0.05) is 23.8 Å². The van der Waals surface area contributed by atoms with Crippen molar-refractivity contribution in [2.75, 3.05) is 40.3 Å². The van der Waals surface area contributed by atoms with Crippen molar-refractivity contribution in [1.29, 1.82) is 0 Å². The van der Waals surface area contributed by atoms with Crippen LogP contribution in [0.25, 0.3) is 0 Å². The number of rotatable bonds is 4. The Balaban J connectivity index is 3.24. The molecule has 0 atom stereocenters. The number of nitrogens with zero attached hydrogens (tertiary/aromatic N) is 6. The Morgan fingerprint density at radius 1 is 0.864 bits per heavy atom. The van der Waals surface area contributed by atoms with Gasteiger partial charge in [0.25, 0.3) is 0 Å². The summed E-state index contributed by atoms with van der Waals surface area (Å²) in [6, 6.07) is 0. The molecule has 22 heavy (non-hydrogen) atoms. The average molecular weight is 334 g/mol. The Labute approximate surface area is 121 Å². The third-order valence-electron chi connectivity index (χ3n) is 3.40. The Morgan fingerprint density at radius 3 is 1.41 bits per heavy atom. The maximum atomic E-state index is 13.0. The Bertz CT molecular complexity index is 412. The summed E-state index contributed by atoms with van der Waals surface area (Å²) < 4.78 is 51.9. The van der Waals surface area contributed by atoms with Crippen LogP contribution in [0, 0.1) is 20.2 Å². The molecule has 0 amide bonds. The molecule has 0 unspecified atom stereocenters. The van der Waals surface area contributed by atoms with Gasteiger partial charge in [-0.2, -0.15) is 0 Å². The first-order valence-electron chi connectivity index (χ1n) is 5.87. The lowest BCUT2D eigenvalue weighted by Gasteiger charge is -2.41. The molecule has 0 N–H and O–H groups in total. The average Bonchev–Trinajstić information content (AvgIpc) is 2.33. The molecule has 0 spiro atoms. The molecule has 0 radical (unpaired) electrons. The summed E-state index contributed by atoms with van der Waals surface area (Å²) in [6.45, 7) is -3.89. The Hall–Kier alpha value is -1.64. The molecular weight excluding hydrogens is 320 g/mol. The third-order valence-corrected chi connectivity index (χ3v) is 3.40. The van der Waals surface area contributed by atoms with E-state index in [2.05, 4.69) is 0 Å². The Morgan fingerprint density at radius 2 is 1.18 bits per heavy atom. The fraction of sp³-hybridized carbons (Fsp3) is 1.00. The van der Waals surface area contributed by atoms with Crippen LogP contribution in [0.1, 0.15) is 0 Å². The first kappa shape index (κ1) is 18.4. The van der Waals surface area contributed by atoms with Gasteiger partial charge >= 0.3 is 5.66 Å². The van der Waals surface area contributed by atoms with Gasteiger partial charge in [-0.05, 0) is 14.1 Å². The molecule has 128 valence electrons. The van der Waals surface area contributed by atoms with Crippen molar-refractivity contribution >= 4 is 0 Å². The molecule has 0 aromatic rings. The van der Waals surface area contributed by atoms with E-state index >= 15 is 0 Å². The van der Waals surface area contributed by atoms with Crippen LogP contribution in [0.15, 0.2) is 0 Å². The molecule has 0 bridgehead atoms. The predicted molar refractivity (Wildman–Crippen MR) is 62.6 cm³/mol. The highest BCUT2D eigenvalue weighted by Crippen LogP contribution is 2.29. The quantitative estimate of drug-likeness (QED) is 0.232. The summed E-state index contributed by atoms with van der Waals surface area (Å²) in [6.07, 6.45) is 0. The minimum absolute atomic E-state index is 0.719. The summed E-state index contributed by atoms with van der Waals surface area (Å²) in [4.78, 5) is 21.4. The molecule has 1 saturated heterocycles. The minimum Gasteiger partial charge on any atom is -0.290 e. The monoisotopic (exact) mass is 334 g/mol. The van der Waals surface area contributed by atoms with Gasteiger partial charge in [-0.3, -0.25) is 30.0 Å². The molecule has 1 fully saturated rings. The van der Waals surface area contributed by atoms with Crippen LogP contribution >= 0.6 is 0 Å². The van der Waals surface area contributed by atoms with Crippen molar-refractivity contribution in [3.63, 3.8) is 0 Å². The maximum Gasteiger partial charge on any atom is 0.482 e. The second-order valence-electron chi connectivity index (χ2n) is 5.29. The molecule has 0 saturated carbocycles. The van der Waals surface area contributed by atoms with E-state index in [1.807, 2.05) is 0 Å². The van der Waals surface area contributed by atoms with Crippen LogP contribution in [0.3, 0.4) is 0 Å². The van der Waals surface area contributed by atoms with E-state index in [4.69, 9.17) is 0 Å². The largest absolute Gasteiger partial charge is 0.482 e. The number of likely N-dealkylation sites (N-methyl/N-ethyl adjacent to an activating group) is 2. The van der Waals surface area contributed by atoms with Crippen LogP contribution in [-0.4, -0.2) is 81.9 Å². The summed E-state index contributed by atoms with van der Waals surface area (Å²) in [7, 11) is 2.05. The smallest absolute Gasteiger partial charge is 0.290 e. The first-order chi connectivity index (χ1) is 9.98. The second-order valence-corrected chi connectivity index (χ2v) is 5.29. The summed E-state index contributed by atoms with van der Waals surface area (Å²) in [5, 5.41) is 18.8. The fourth-order valence-corrected chi connectivity index (χ4v) is 2.51. The zero-order chi connectivity index (χ0) is 17.3. The van der Waals surface area contributed by atoms with Gasteiger partial charge in [-0.1, -0.05) is 17.9 Å². The molecule has 1 aliphatic heterocycles. The van der Waals surface area contributed by atoms with Crippen LogP contribution in [0.2, 0.25) is 0 Å². The van der Waals surface area contributed by atoms with Crippen molar-refractivity contribution < 1.29 is 27.8 Å². The standard InChI is InChI=1S/C8H14F4N6O4/c1-13-3-7(15(9)10,16(11)12)4-14(2)6-8(5-13,17(19)20)18(21)22/h3-6H2,1-2H3. The Kier molecular flexibility index (Phi) is 5.21. The predicted octanol–water partition coefficient (Wildman–Crippen LogP) is -0.0484. The molecule has 0 aromatic carbocycles. The van der Waals surface area contributed by atoms with E-state index in [0.717, 1.165) is 23.9 Å². The van der Waals surface area contributed by atoms with E-state index in [1.54, 1.807) is 0 Å². The van der Waals surface area contributed by atoms with E-state index in [1.165, 1.54) is 0 Å². The zero-order valence-electron chi connectivity index (χ0n) is 11.7. The van der Waals surface area contributed by atoms with Gasteiger partial charge in [0.1, 0.15) is 22.9 Å². The molecule has 1 heterocycles. The molecule has 10 nitrogen and oxygen atoms in total. The summed E-state index contributed by atoms with van der Waals surface area (Å²) >= 11 is 0. The highest BCUT2D eigenvalue weighted by atomic mass is 19.4.